The highest BCUT2D eigenvalue weighted by Crippen LogP contribution is 2.30. The van der Waals surface area contributed by atoms with Crippen LogP contribution < -0.4 is 4.74 Å². The number of benzene rings is 1. The lowest BCUT2D eigenvalue weighted by Crippen LogP contribution is -1.93. The summed E-state index contributed by atoms with van der Waals surface area (Å²) in [6, 6.07) is 4.03. The van der Waals surface area contributed by atoms with Crippen LogP contribution in [0, 0.1) is 6.92 Å². The Morgan fingerprint density at radius 2 is 2.21 bits per heavy atom. The van der Waals surface area contributed by atoms with Crippen LogP contribution in [0.4, 0.5) is 0 Å². The van der Waals surface area contributed by atoms with Gasteiger partial charge in [-0.15, -0.1) is 0 Å². The van der Waals surface area contributed by atoms with Crippen LogP contribution in [0.3, 0.4) is 0 Å². The number of hydrogen-bond acceptors (Lipinski definition) is 2. The Kier molecular flexibility index (Phi) is 4.14. The zero-order valence-corrected chi connectivity index (χ0v) is 9.93. The van der Waals surface area contributed by atoms with Gasteiger partial charge in [-0.2, -0.15) is 0 Å². The topological polar surface area (TPSA) is 26.3 Å². The number of carbonyl (C=O) groups is 1. The Balaban J connectivity index is 3.02. The predicted molar refractivity (Wildman–Crippen MR) is 59.8 cm³/mol. The summed E-state index contributed by atoms with van der Waals surface area (Å²) in [7, 11) is 1.64. The average molecular weight is 257 g/mol. The predicted octanol–water partition coefficient (Wildman–Crippen LogP) is 2.90. The fraction of sp³-hybridized carbons (Fsp3) is 0.364. The van der Waals surface area contributed by atoms with E-state index in [1.165, 1.54) is 0 Å². The van der Waals surface area contributed by atoms with Gasteiger partial charge in [0.25, 0.3) is 0 Å². The van der Waals surface area contributed by atoms with Gasteiger partial charge in [-0.1, -0.05) is 6.07 Å². The van der Waals surface area contributed by atoms with Crippen LogP contribution in [0.5, 0.6) is 5.75 Å². The third-order valence-electron chi connectivity index (χ3n) is 2.01. The van der Waals surface area contributed by atoms with E-state index in [1.54, 1.807) is 7.11 Å². The minimum atomic E-state index is 0.547. The summed E-state index contributed by atoms with van der Waals surface area (Å²) < 4.78 is 6.16. The standard InChI is InChI=1S/C11H13BrO2/c1-8-6-9(4-3-5-13)11(12)10(7-8)14-2/h5-7H,3-4H2,1-2H3. The van der Waals surface area contributed by atoms with Gasteiger partial charge in [0.15, 0.2) is 0 Å². The van der Waals surface area contributed by atoms with Gasteiger partial charge in [-0.25, -0.2) is 0 Å². The minimum absolute atomic E-state index is 0.547. The first-order valence-electron chi connectivity index (χ1n) is 4.45. The van der Waals surface area contributed by atoms with Crippen molar-refractivity contribution >= 4 is 22.2 Å². The molecule has 0 aliphatic carbocycles. The number of hydrogen-bond donors (Lipinski definition) is 0. The molecule has 0 N–H and O–H groups in total. The lowest BCUT2D eigenvalue weighted by Gasteiger charge is -2.09. The van der Waals surface area contributed by atoms with Crippen LogP contribution in [0.2, 0.25) is 0 Å². The van der Waals surface area contributed by atoms with Crippen LogP contribution >= 0.6 is 15.9 Å². The van der Waals surface area contributed by atoms with Gasteiger partial charge in [0, 0.05) is 6.42 Å². The van der Waals surface area contributed by atoms with Crippen molar-refractivity contribution in [3.05, 3.63) is 27.7 Å². The maximum Gasteiger partial charge on any atom is 0.133 e. The second kappa shape index (κ2) is 5.15. The zero-order chi connectivity index (χ0) is 10.6. The van der Waals surface area contributed by atoms with Gasteiger partial charge in [0.2, 0.25) is 0 Å². The Morgan fingerprint density at radius 1 is 1.50 bits per heavy atom. The summed E-state index contributed by atoms with van der Waals surface area (Å²) in [5.74, 6) is 0.825. The summed E-state index contributed by atoms with van der Waals surface area (Å²) in [4.78, 5) is 10.3. The molecule has 0 fully saturated rings. The van der Waals surface area contributed by atoms with Crippen molar-refractivity contribution in [3.63, 3.8) is 0 Å². The molecule has 0 aliphatic heterocycles. The molecule has 0 amide bonds. The molecule has 0 heterocycles. The first kappa shape index (κ1) is 11.2. The SMILES string of the molecule is COc1cc(C)cc(CCC=O)c1Br. The molecule has 0 aliphatic rings. The minimum Gasteiger partial charge on any atom is -0.496 e. The number of methoxy groups -OCH3 is 1. The van der Waals surface area contributed by atoms with E-state index in [4.69, 9.17) is 4.74 Å². The number of halogens is 1. The number of rotatable bonds is 4. The molecule has 1 aromatic rings. The number of ether oxygens (including phenoxy) is 1. The second-order valence-corrected chi connectivity index (χ2v) is 3.94. The van der Waals surface area contributed by atoms with Gasteiger partial charge in [0.1, 0.15) is 12.0 Å². The van der Waals surface area contributed by atoms with Crippen LogP contribution in [0.25, 0.3) is 0 Å². The number of aryl methyl sites for hydroxylation is 2. The monoisotopic (exact) mass is 256 g/mol. The third-order valence-corrected chi connectivity index (χ3v) is 2.91. The summed E-state index contributed by atoms with van der Waals surface area (Å²) in [6.07, 6.45) is 2.23. The van der Waals surface area contributed by atoms with Crippen LogP contribution in [0.1, 0.15) is 17.5 Å². The van der Waals surface area contributed by atoms with Crippen molar-refractivity contribution in [2.75, 3.05) is 7.11 Å². The quantitative estimate of drug-likeness (QED) is 0.775. The molecule has 2 nitrogen and oxygen atoms in total. The van der Waals surface area contributed by atoms with Crippen molar-refractivity contribution in [1.29, 1.82) is 0 Å². The highest BCUT2D eigenvalue weighted by molar-refractivity contribution is 9.10. The molecule has 1 rings (SSSR count). The van der Waals surface area contributed by atoms with Gasteiger partial charge < -0.3 is 9.53 Å². The molecule has 0 unspecified atom stereocenters. The van der Waals surface area contributed by atoms with Crippen molar-refractivity contribution in [1.82, 2.24) is 0 Å². The normalized spacial score (nSPS) is 9.93. The molecule has 1 aromatic carbocycles. The number of aldehydes is 1. The molecule has 76 valence electrons. The van der Waals surface area contributed by atoms with Crippen LogP contribution in [-0.2, 0) is 11.2 Å². The maximum atomic E-state index is 10.3. The van der Waals surface area contributed by atoms with Crippen molar-refractivity contribution in [3.8, 4) is 5.75 Å². The van der Waals surface area contributed by atoms with E-state index in [0.717, 1.165) is 34.1 Å². The summed E-state index contributed by atoms with van der Waals surface area (Å²) in [6.45, 7) is 2.01. The highest BCUT2D eigenvalue weighted by Gasteiger charge is 2.06. The molecule has 0 radical (unpaired) electrons. The van der Waals surface area contributed by atoms with Crippen LogP contribution in [-0.4, -0.2) is 13.4 Å². The average Bonchev–Trinajstić information content (AvgIpc) is 2.18. The fourth-order valence-electron chi connectivity index (χ4n) is 1.35. The molecule has 0 aromatic heterocycles. The van der Waals surface area contributed by atoms with Gasteiger partial charge in [0.05, 0.1) is 11.6 Å². The second-order valence-electron chi connectivity index (χ2n) is 3.15. The van der Waals surface area contributed by atoms with Crippen LogP contribution in [0.15, 0.2) is 16.6 Å². The van der Waals surface area contributed by atoms with E-state index in [2.05, 4.69) is 22.0 Å². The lowest BCUT2D eigenvalue weighted by molar-refractivity contribution is -0.107. The lowest BCUT2D eigenvalue weighted by atomic mass is 10.1. The van der Waals surface area contributed by atoms with Gasteiger partial charge in [-0.05, 0) is 46.5 Å². The zero-order valence-electron chi connectivity index (χ0n) is 8.34. The molecule has 0 spiro atoms. The molecule has 0 saturated heterocycles. The van der Waals surface area contributed by atoms with Crippen molar-refractivity contribution in [2.45, 2.75) is 19.8 Å². The first-order valence-corrected chi connectivity index (χ1v) is 5.25. The van der Waals surface area contributed by atoms with E-state index < -0.39 is 0 Å². The summed E-state index contributed by atoms with van der Waals surface area (Å²) >= 11 is 3.46. The fourth-order valence-corrected chi connectivity index (χ4v) is 1.94. The molecular formula is C11H13BrO2. The Labute approximate surface area is 92.4 Å². The van der Waals surface area contributed by atoms with Gasteiger partial charge >= 0.3 is 0 Å². The molecule has 0 atom stereocenters. The third kappa shape index (κ3) is 2.58. The summed E-state index contributed by atoms with van der Waals surface area (Å²) in [5.41, 5.74) is 2.26. The first-order chi connectivity index (χ1) is 6.69. The van der Waals surface area contributed by atoms with Gasteiger partial charge in [-0.3, -0.25) is 0 Å². The Morgan fingerprint density at radius 3 is 2.79 bits per heavy atom. The van der Waals surface area contributed by atoms with Crippen molar-refractivity contribution in [2.24, 2.45) is 0 Å². The van der Waals surface area contributed by atoms with E-state index in [-0.39, 0.29) is 0 Å². The maximum absolute atomic E-state index is 10.3. The largest absolute Gasteiger partial charge is 0.496 e. The number of carbonyl (C=O) groups excluding carboxylic acids is 1. The molecule has 0 bridgehead atoms. The molecular weight excluding hydrogens is 244 g/mol. The summed E-state index contributed by atoms with van der Waals surface area (Å²) in [5, 5.41) is 0. The van der Waals surface area contributed by atoms with E-state index in [1.807, 2.05) is 13.0 Å². The highest BCUT2D eigenvalue weighted by atomic mass is 79.9. The molecule has 3 heteroatoms. The smallest absolute Gasteiger partial charge is 0.133 e. The van der Waals surface area contributed by atoms with E-state index in [9.17, 15) is 4.79 Å². The molecule has 0 saturated carbocycles. The van der Waals surface area contributed by atoms with E-state index >= 15 is 0 Å². The van der Waals surface area contributed by atoms with E-state index in [0.29, 0.717) is 6.42 Å². The Bertz CT molecular complexity index is 334. The Hall–Kier alpha value is -0.830. The molecule has 14 heavy (non-hydrogen) atoms. The van der Waals surface area contributed by atoms with Crippen molar-refractivity contribution < 1.29 is 9.53 Å².